The van der Waals surface area contributed by atoms with Crippen molar-refractivity contribution in [2.24, 2.45) is 17.3 Å². The molecule has 186 valence electrons. The molecule has 6 nitrogen and oxygen atoms in total. The van der Waals surface area contributed by atoms with Crippen LogP contribution in [0.3, 0.4) is 0 Å². The third kappa shape index (κ3) is 4.55. The van der Waals surface area contributed by atoms with Crippen molar-refractivity contribution in [3.05, 3.63) is 58.9 Å². The Morgan fingerprint density at radius 3 is 2.40 bits per heavy atom. The van der Waals surface area contributed by atoms with Gasteiger partial charge in [0, 0.05) is 36.0 Å². The number of aromatic nitrogens is 1. The summed E-state index contributed by atoms with van der Waals surface area (Å²) in [4.78, 5) is 38.4. The smallest absolute Gasteiger partial charge is 0.312 e. The molecule has 1 aromatic carbocycles. The van der Waals surface area contributed by atoms with Gasteiger partial charge in [0.25, 0.3) is 0 Å². The molecule has 6 rings (SSSR count). The summed E-state index contributed by atoms with van der Waals surface area (Å²) in [6.45, 7) is 6.09. The minimum Gasteiger partial charge on any atom is -0.457 e. The summed E-state index contributed by atoms with van der Waals surface area (Å²) < 4.78 is 7.88. The van der Waals surface area contributed by atoms with Crippen molar-refractivity contribution < 1.29 is 19.1 Å². The van der Waals surface area contributed by atoms with Gasteiger partial charge in [-0.15, -0.1) is 0 Å². The molecule has 6 heteroatoms. The predicted molar refractivity (Wildman–Crippen MR) is 133 cm³/mol. The number of ketones is 1. The number of benzene rings is 1. The lowest BCUT2D eigenvalue weighted by Gasteiger charge is -2.60. The van der Waals surface area contributed by atoms with Gasteiger partial charge in [0.15, 0.2) is 6.61 Å². The molecule has 4 bridgehead atoms. The summed E-state index contributed by atoms with van der Waals surface area (Å²) in [7, 11) is 0. The molecule has 0 aliphatic heterocycles. The van der Waals surface area contributed by atoms with Crippen LogP contribution in [0.25, 0.3) is 0 Å². The standard InChI is InChI=1S/C29H36N2O4/c1-19-11-25(20(2)31(19)10-9-22-7-5-4-6-8-22)26(33)17-35-27(34)28-13-23-12-24(14-28)16-29(15-23,18-28)30-21(3)32/h4-8,11,23-24H,9-10,12-18H2,1-3H3,(H,30,32). The first kappa shape index (κ1) is 23.8. The zero-order valence-electron chi connectivity index (χ0n) is 21.1. The van der Waals surface area contributed by atoms with E-state index in [1.165, 1.54) is 5.56 Å². The van der Waals surface area contributed by atoms with E-state index in [0.29, 0.717) is 23.8 Å². The molecule has 4 aliphatic rings. The average Bonchev–Trinajstić information content (AvgIpc) is 3.08. The Morgan fingerprint density at radius 2 is 1.74 bits per heavy atom. The van der Waals surface area contributed by atoms with Crippen LogP contribution in [0, 0.1) is 31.1 Å². The Labute approximate surface area is 207 Å². The third-order valence-corrected chi connectivity index (χ3v) is 8.61. The van der Waals surface area contributed by atoms with Crippen LogP contribution in [0.15, 0.2) is 36.4 Å². The number of hydrogen-bond acceptors (Lipinski definition) is 4. The van der Waals surface area contributed by atoms with E-state index in [0.717, 1.165) is 56.5 Å². The van der Waals surface area contributed by atoms with E-state index >= 15 is 0 Å². The molecule has 2 aromatic rings. The fraction of sp³-hybridized carbons (Fsp3) is 0.552. The first-order valence-corrected chi connectivity index (χ1v) is 12.9. The van der Waals surface area contributed by atoms with Crippen molar-refractivity contribution in [3.8, 4) is 0 Å². The number of aryl methyl sites for hydroxylation is 2. The molecule has 0 saturated heterocycles. The Kier molecular flexibility index (Phi) is 6.10. The molecule has 1 aromatic heterocycles. The highest BCUT2D eigenvalue weighted by molar-refractivity contribution is 5.99. The van der Waals surface area contributed by atoms with Crippen LogP contribution in [-0.4, -0.2) is 34.4 Å². The fourth-order valence-corrected chi connectivity index (χ4v) is 7.70. The number of rotatable bonds is 8. The number of carbonyl (C=O) groups is 3. The largest absolute Gasteiger partial charge is 0.457 e. The van der Waals surface area contributed by atoms with Crippen molar-refractivity contribution >= 4 is 17.7 Å². The van der Waals surface area contributed by atoms with Gasteiger partial charge >= 0.3 is 5.97 Å². The SMILES string of the molecule is CC(=O)NC12CC3CC(C1)CC(C(=O)OCC(=O)c1cc(C)n(CCc4ccccc4)c1C)(C3)C2. The lowest BCUT2D eigenvalue weighted by atomic mass is 9.47. The van der Waals surface area contributed by atoms with Crippen molar-refractivity contribution in [1.29, 1.82) is 0 Å². The molecule has 0 radical (unpaired) electrons. The fourth-order valence-electron chi connectivity index (χ4n) is 7.70. The number of carbonyl (C=O) groups excluding carboxylic acids is 3. The van der Waals surface area contributed by atoms with Gasteiger partial charge in [0.2, 0.25) is 11.7 Å². The van der Waals surface area contributed by atoms with Crippen LogP contribution in [0.5, 0.6) is 0 Å². The number of Topliss-reactive ketones (excluding diaryl/α,β-unsaturated/α-hetero) is 1. The van der Waals surface area contributed by atoms with Gasteiger partial charge in [-0.05, 0) is 82.3 Å². The zero-order valence-corrected chi connectivity index (χ0v) is 21.1. The highest BCUT2D eigenvalue weighted by atomic mass is 16.5. The molecule has 35 heavy (non-hydrogen) atoms. The molecule has 1 N–H and O–H groups in total. The van der Waals surface area contributed by atoms with Crippen LogP contribution in [-0.2, 0) is 27.3 Å². The second-order valence-electron chi connectivity index (χ2n) is 11.4. The van der Waals surface area contributed by atoms with E-state index in [-0.39, 0.29) is 29.8 Å². The molecule has 2 atom stereocenters. The number of nitrogens with zero attached hydrogens (tertiary/aromatic N) is 1. The lowest BCUT2D eigenvalue weighted by molar-refractivity contribution is -0.174. The van der Waals surface area contributed by atoms with E-state index in [1.54, 1.807) is 6.92 Å². The van der Waals surface area contributed by atoms with E-state index in [1.807, 2.05) is 38.1 Å². The number of nitrogens with one attached hydrogen (secondary N) is 1. The maximum absolute atomic E-state index is 13.4. The highest BCUT2D eigenvalue weighted by Gasteiger charge is 2.61. The minimum atomic E-state index is -0.570. The molecule has 1 heterocycles. The van der Waals surface area contributed by atoms with Crippen LogP contribution in [0.4, 0.5) is 0 Å². The number of esters is 1. The normalized spacial score (nSPS) is 28.7. The van der Waals surface area contributed by atoms with E-state index in [9.17, 15) is 14.4 Å². The van der Waals surface area contributed by atoms with Gasteiger partial charge < -0.3 is 14.6 Å². The summed E-state index contributed by atoms with van der Waals surface area (Å²) in [5.41, 5.74) is 2.98. The third-order valence-electron chi connectivity index (χ3n) is 8.61. The van der Waals surface area contributed by atoms with Gasteiger partial charge in [-0.2, -0.15) is 0 Å². The quantitative estimate of drug-likeness (QED) is 0.448. The maximum atomic E-state index is 13.4. The number of ether oxygens (including phenoxy) is 1. The molecule has 2 unspecified atom stereocenters. The number of amides is 1. The monoisotopic (exact) mass is 476 g/mol. The summed E-state index contributed by atoms with van der Waals surface area (Å²) in [5, 5.41) is 3.18. The molecule has 4 saturated carbocycles. The van der Waals surface area contributed by atoms with E-state index in [2.05, 4.69) is 22.0 Å². The summed E-state index contributed by atoms with van der Waals surface area (Å²) in [6, 6.07) is 12.2. The maximum Gasteiger partial charge on any atom is 0.312 e. The van der Waals surface area contributed by atoms with Gasteiger partial charge in [-0.25, -0.2) is 0 Å². The Morgan fingerprint density at radius 1 is 1.06 bits per heavy atom. The first-order chi connectivity index (χ1) is 16.7. The van der Waals surface area contributed by atoms with Crippen LogP contribution >= 0.6 is 0 Å². The van der Waals surface area contributed by atoms with Gasteiger partial charge in [-0.3, -0.25) is 14.4 Å². The molecule has 1 amide bonds. The Hall–Kier alpha value is -2.89. The molecular weight excluding hydrogens is 440 g/mol. The Balaban J connectivity index is 1.24. The van der Waals surface area contributed by atoms with Gasteiger partial charge in [0.1, 0.15) is 0 Å². The Bertz CT molecular complexity index is 1130. The van der Waals surface area contributed by atoms with E-state index < -0.39 is 5.41 Å². The summed E-state index contributed by atoms with van der Waals surface area (Å²) in [5.74, 6) is 0.435. The first-order valence-electron chi connectivity index (χ1n) is 12.9. The molecule has 0 spiro atoms. The molecule has 4 aliphatic carbocycles. The van der Waals surface area contributed by atoms with Crippen molar-refractivity contribution in [1.82, 2.24) is 9.88 Å². The zero-order chi connectivity index (χ0) is 24.8. The lowest BCUT2D eigenvalue weighted by Crippen LogP contribution is -2.64. The van der Waals surface area contributed by atoms with Crippen LogP contribution < -0.4 is 5.32 Å². The summed E-state index contributed by atoms with van der Waals surface area (Å²) in [6.07, 6.45) is 6.17. The van der Waals surface area contributed by atoms with Gasteiger partial charge in [0.05, 0.1) is 5.41 Å². The van der Waals surface area contributed by atoms with Crippen molar-refractivity contribution in [2.75, 3.05) is 6.61 Å². The van der Waals surface area contributed by atoms with Crippen molar-refractivity contribution in [2.45, 2.75) is 77.8 Å². The second-order valence-corrected chi connectivity index (χ2v) is 11.4. The summed E-state index contributed by atoms with van der Waals surface area (Å²) >= 11 is 0. The van der Waals surface area contributed by atoms with Gasteiger partial charge in [-0.1, -0.05) is 30.3 Å². The minimum absolute atomic E-state index is 0.0340. The second kappa shape index (κ2) is 8.96. The molecular formula is C29H36N2O4. The van der Waals surface area contributed by atoms with Crippen LogP contribution in [0.1, 0.15) is 72.8 Å². The highest BCUT2D eigenvalue weighted by Crippen LogP contribution is 2.62. The van der Waals surface area contributed by atoms with Crippen molar-refractivity contribution in [3.63, 3.8) is 0 Å². The topological polar surface area (TPSA) is 77.4 Å². The van der Waals surface area contributed by atoms with E-state index in [4.69, 9.17) is 4.74 Å². The number of hydrogen-bond donors (Lipinski definition) is 1. The predicted octanol–water partition coefficient (Wildman–Crippen LogP) is 4.55. The average molecular weight is 477 g/mol. The van der Waals surface area contributed by atoms with Crippen LogP contribution in [0.2, 0.25) is 0 Å². The molecule has 4 fully saturated rings.